The smallest absolute Gasteiger partial charge is 0.210 e. The summed E-state index contributed by atoms with van der Waals surface area (Å²) in [4.78, 5) is 2.64. The van der Waals surface area contributed by atoms with Gasteiger partial charge in [0.25, 0.3) is 0 Å². The summed E-state index contributed by atoms with van der Waals surface area (Å²) in [7, 11) is 0. The molecule has 1 aliphatic rings. The Morgan fingerprint density at radius 1 is 1.50 bits per heavy atom. The molecule has 3 N–H and O–H groups in total. The fourth-order valence-corrected chi connectivity index (χ4v) is 2.77. The third kappa shape index (κ3) is 1.95. The largest absolute Gasteiger partial charge is 0.337 e. The molecule has 74 valence electrons. The third-order valence-corrected chi connectivity index (χ3v) is 3.64. The van der Waals surface area contributed by atoms with E-state index < -0.39 is 0 Å². The lowest BCUT2D eigenvalue weighted by atomic mass is 10.2. The lowest BCUT2D eigenvalue weighted by molar-refractivity contribution is -0.965. The minimum atomic E-state index is 0.0590. The highest BCUT2D eigenvalue weighted by molar-refractivity contribution is 7.10. The normalized spacial score (nSPS) is 20.2. The molecule has 0 aromatic carbocycles. The van der Waals surface area contributed by atoms with Gasteiger partial charge in [0, 0.05) is 0 Å². The van der Waals surface area contributed by atoms with Gasteiger partial charge in [-0.2, -0.15) is 5.26 Å². The predicted molar refractivity (Wildman–Crippen MR) is 55.0 cm³/mol. The van der Waals surface area contributed by atoms with Crippen molar-refractivity contribution in [3.63, 3.8) is 0 Å². The summed E-state index contributed by atoms with van der Waals surface area (Å²) in [6.07, 6.45) is 0. The summed E-state index contributed by atoms with van der Waals surface area (Å²) in [6.45, 7) is 4.52. The van der Waals surface area contributed by atoms with Crippen LogP contribution in [0.25, 0.3) is 0 Å². The Morgan fingerprint density at radius 2 is 2.29 bits per heavy atom. The lowest BCUT2D eigenvalue weighted by Gasteiger charge is -2.25. The summed E-state index contributed by atoms with van der Waals surface area (Å²) in [5.41, 5.74) is 0. The molecular formula is C10H15N3S+2. The number of piperazine rings is 1. The van der Waals surface area contributed by atoms with Crippen LogP contribution in [0.2, 0.25) is 0 Å². The van der Waals surface area contributed by atoms with E-state index in [4.69, 9.17) is 0 Å². The molecular weight excluding hydrogens is 194 g/mol. The average Bonchev–Trinajstić information content (AvgIpc) is 2.74. The van der Waals surface area contributed by atoms with Crippen molar-refractivity contribution in [2.24, 2.45) is 0 Å². The molecule has 0 spiro atoms. The van der Waals surface area contributed by atoms with Crippen molar-refractivity contribution < 1.29 is 10.2 Å². The summed E-state index contributed by atoms with van der Waals surface area (Å²) < 4.78 is 0. The summed E-state index contributed by atoms with van der Waals surface area (Å²) in [5, 5.41) is 13.6. The first-order valence-electron chi connectivity index (χ1n) is 5.01. The number of rotatable bonds is 2. The first-order valence-corrected chi connectivity index (χ1v) is 5.89. The molecule has 2 rings (SSSR count). The Hall–Kier alpha value is -0.890. The maximum Gasteiger partial charge on any atom is 0.210 e. The fraction of sp³-hybridized carbons (Fsp3) is 0.500. The Morgan fingerprint density at radius 3 is 2.86 bits per heavy atom. The van der Waals surface area contributed by atoms with E-state index >= 15 is 0 Å². The van der Waals surface area contributed by atoms with Crippen LogP contribution in [0.15, 0.2) is 17.5 Å². The van der Waals surface area contributed by atoms with Crippen LogP contribution in [-0.2, 0) is 0 Å². The molecule has 1 atom stereocenters. The topological polar surface area (TPSA) is 44.8 Å². The predicted octanol–water partition coefficient (Wildman–Crippen LogP) is -1.23. The number of quaternary nitrogens is 2. The SMILES string of the molecule is N#C[C@H](c1cccs1)[NH+]1CC[NH2+]CC1. The molecule has 3 nitrogen and oxygen atoms in total. The first-order chi connectivity index (χ1) is 6.92. The van der Waals surface area contributed by atoms with Crippen molar-refractivity contribution >= 4 is 11.3 Å². The molecule has 0 amide bonds. The molecule has 0 aliphatic carbocycles. The number of thiophene rings is 1. The average molecular weight is 209 g/mol. The molecule has 0 saturated carbocycles. The van der Waals surface area contributed by atoms with Gasteiger partial charge in [0.05, 0.1) is 4.88 Å². The Labute approximate surface area is 88.0 Å². The third-order valence-electron chi connectivity index (χ3n) is 2.70. The van der Waals surface area contributed by atoms with Gasteiger partial charge in [-0.05, 0) is 11.4 Å². The van der Waals surface area contributed by atoms with Crippen LogP contribution in [0.1, 0.15) is 10.9 Å². The molecule has 1 aromatic rings. The highest BCUT2D eigenvalue weighted by atomic mass is 32.1. The maximum atomic E-state index is 9.18. The van der Waals surface area contributed by atoms with Gasteiger partial charge < -0.3 is 10.2 Å². The number of nitrogens with zero attached hydrogens (tertiary/aromatic N) is 1. The second kappa shape index (κ2) is 4.56. The van der Waals surface area contributed by atoms with E-state index in [9.17, 15) is 5.26 Å². The highest BCUT2D eigenvalue weighted by Gasteiger charge is 2.27. The van der Waals surface area contributed by atoms with Crippen LogP contribution in [0.3, 0.4) is 0 Å². The maximum absolute atomic E-state index is 9.18. The molecule has 0 radical (unpaired) electrons. The molecule has 14 heavy (non-hydrogen) atoms. The van der Waals surface area contributed by atoms with Crippen molar-refractivity contribution in [1.82, 2.24) is 0 Å². The minimum absolute atomic E-state index is 0.0590. The van der Waals surface area contributed by atoms with Crippen molar-refractivity contribution in [3.05, 3.63) is 22.4 Å². The highest BCUT2D eigenvalue weighted by Crippen LogP contribution is 2.15. The summed E-state index contributed by atoms with van der Waals surface area (Å²) in [6, 6.07) is 6.59. The van der Waals surface area contributed by atoms with Crippen LogP contribution in [0, 0.1) is 11.3 Å². The monoisotopic (exact) mass is 209 g/mol. The fourth-order valence-electron chi connectivity index (χ4n) is 1.94. The second-order valence-electron chi connectivity index (χ2n) is 3.60. The van der Waals surface area contributed by atoms with Gasteiger partial charge in [0.2, 0.25) is 6.04 Å². The molecule has 0 bridgehead atoms. The van der Waals surface area contributed by atoms with Gasteiger partial charge in [-0.3, -0.25) is 0 Å². The molecule has 4 heteroatoms. The van der Waals surface area contributed by atoms with Gasteiger partial charge in [0.1, 0.15) is 32.2 Å². The number of nitrogens with one attached hydrogen (secondary N) is 1. The van der Waals surface area contributed by atoms with Gasteiger partial charge in [-0.25, -0.2) is 0 Å². The molecule has 2 heterocycles. The zero-order valence-electron chi connectivity index (χ0n) is 8.07. The molecule has 1 saturated heterocycles. The first kappa shape index (κ1) is 9.66. The van der Waals surface area contributed by atoms with Crippen LogP contribution in [0.4, 0.5) is 0 Å². The Balaban J connectivity index is 2.09. The molecule has 1 aliphatic heterocycles. The van der Waals surface area contributed by atoms with E-state index in [1.165, 1.54) is 9.78 Å². The van der Waals surface area contributed by atoms with Crippen LogP contribution >= 0.6 is 11.3 Å². The van der Waals surface area contributed by atoms with Crippen molar-refractivity contribution in [1.29, 1.82) is 5.26 Å². The van der Waals surface area contributed by atoms with E-state index in [1.54, 1.807) is 11.3 Å². The van der Waals surface area contributed by atoms with Crippen molar-refractivity contribution in [2.45, 2.75) is 6.04 Å². The van der Waals surface area contributed by atoms with E-state index in [2.05, 4.69) is 22.8 Å². The van der Waals surface area contributed by atoms with Gasteiger partial charge in [-0.15, -0.1) is 11.3 Å². The Kier molecular flexibility index (Phi) is 3.14. The standard InChI is InChI=1S/C10H13N3S/c11-8-9(10-2-1-7-14-10)13-5-3-12-4-6-13/h1-2,7,9,12H,3-6H2/p+2/t9-/m1/s1. The van der Waals surface area contributed by atoms with E-state index in [1.807, 2.05) is 6.07 Å². The lowest BCUT2D eigenvalue weighted by Crippen LogP contribution is -3.20. The van der Waals surface area contributed by atoms with Gasteiger partial charge in [-0.1, -0.05) is 6.07 Å². The van der Waals surface area contributed by atoms with E-state index in [-0.39, 0.29) is 6.04 Å². The van der Waals surface area contributed by atoms with E-state index in [0.29, 0.717) is 0 Å². The summed E-state index contributed by atoms with van der Waals surface area (Å²) >= 11 is 1.70. The van der Waals surface area contributed by atoms with Crippen molar-refractivity contribution in [2.75, 3.05) is 26.2 Å². The van der Waals surface area contributed by atoms with Crippen molar-refractivity contribution in [3.8, 4) is 6.07 Å². The minimum Gasteiger partial charge on any atom is -0.337 e. The number of nitrogens with two attached hydrogens (primary N) is 1. The number of hydrogen-bond acceptors (Lipinski definition) is 2. The summed E-state index contributed by atoms with van der Waals surface area (Å²) in [5.74, 6) is 0. The van der Waals surface area contributed by atoms with Gasteiger partial charge in [0.15, 0.2) is 0 Å². The van der Waals surface area contributed by atoms with Crippen LogP contribution in [0.5, 0.6) is 0 Å². The number of hydrogen-bond donors (Lipinski definition) is 2. The van der Waals surface area contributed by atoms with Crippen LogP contribution < -0.4 is 10.2 Å². The van der Waals surface area contributed by atoms with Crippen LogP contribution in [-0.4, -0.2) is 26.2 Å². The quantitative estimate of drug-likeness (QED) is 0.630. The number of nitriles is 1. The second-order valence-corrected chi connectivity index (χ2v) is 4.58. The Bertz CT molecular complexity index is 309. The van der Waals surface area contributed by atoms with E-state index in [0.717, 1.165) is 26.2 Å². The van der Waals surface area contributed by atoms with Gasteiger partial charge >= 0.3 is 0 Å². The zero-order valence-corrected chi connectivity index (χ0v) is 8.89. The molecule has 1 aromatic heterocycles. The molecule has 1 fully saturated rings. The molecule has 0 unspecified atom stereocenters. The zero-order chi connectivity index (χ0) is 9.80.